The molecular formula is C16H17N. The van der Waals surface area contributed by atoms with Crippen LogP contribution in [0, 0.1) is 0 Å². The van der Waals surface area contributed by atoms with Crippen LogP contribution in [0.5, 0.6) is 0 Å². The van der Waals surface area contributed by atoms with E-state index in [-0.39, 0.29) is 0 Å². The van der Waals surface area contributed by atoms with Gasteiger partial charge in [-0.05, 0) is 36.1 Å². The van der Waals surface area contributed by atoms with Crippen LogP contribution in [0.3, 0.4) is 0 Å². The summed E-state index contributed by atoms with van der Waals surface area (Å²) >= 11 is 0. The summed E-state index contributed by atoms with van der Waals surface area (Å²) in [6.07, 6.45) is 15.4. The number of fused-ring (bicyclic) bond motifs is 1. The number of rotatable bonds is 0. The summed E-state index contributed by atoms with van der Waals surface area (Å²) in [4.78, 5) is 0. The number of hydrogen-bond acceptors (Lipinski definition) is 1. The van der Waals surface area contributed by atoms with Gasteiger partial charge in [0.05, 0.1) is 0 Å². The van der Waals surface area contributed by atoms with Crippen molar-refractivity contribution in [2.75, 3.05) is 0 Å². The first-order valence-corrected chi connectivity index (χ1v) is 5.87. The second-order valence-corrected chi connectivity index (χ2v) is 4.08. The highest BCUT2D eigenvalue weighted by molar-refractivity contribution is 5.59. The zero-order valence-electron chi connectivity index (χ0n) is 10.1. The van der Waals surface area contributed by atoms with E-state index in [0.29, 0.717) is 0 Å². The number of allylic oxidation sites excluding steroid dienone is 5. The third-order valence-electron chi connectivity index (χ3n) is 2.66. The van der Waals surface area contributed by atoms with Gasteiger partial charge >= 0.3 is 0 Å². The first kappa shape index (κ1) is 11.5. The van der Waals surface area contributed by atoms with Crippen LogP contribution < -0.4 is 5.32 Å². The van der Waals surface area contributed by atoms with E-state index in [1.54, 1.807) is 0 Å². The molecule has 1 heteroatoms. The summed E-state index contributed by atoms with van der Waals surface area (Å²) in [5, 5.41) is 2.99. The van der Waals surface area contributed by atoms with E-state index < -0.39 is 0 Å². The number of benzene rings is 1. The molecule has 1 aliphatic carbocycles. The summed E-state index contributed by atoms with van der Waals surface area (Å²) in [5.41, 5.74) is 4.09. The van der Waals surface area contributed by atoms with Gasteiger partial charge in [-0.3, -0.25) is 0 Å². The Morgan fingerprint density at radius 1 is 1.06 bits per heavy atom. The Morgan fingerprint density at radius 2 is 1.94 bits per heavy atom. The first-order valence-electron chi connectivity index (χ1n) is 5.87. The lowest BCUT2D eigenvalue weighted by atomic mass is 10.1. The van der Waals surface area contributed by atoms with Gasteiger partial charge in [-0.2, -0.15) is 0 Å². The van der Waals surface area contributed by atoms with Crippen LogP contribution in [0.1, 0.15) is 18.1 Å². The van der Waals surface area contributed by atoms with Gasteiger partial charge in [0.25, 0.3) is 0 Å². The fraction of sp³-hybridized carbons (Fsp3) is 0.125. The second-order valence-electron chi connectivity index (χ2n) is 4.08. The van der Waals surface area contributed by atoms with Crippen LogP contribution >= 0.6 is 0 Å². The Balaban J connectivity index is 0.000000128. The molecular weight excluding hydrogens is 206 g/mol. The van der Waals surface area contributed by atoms with E-state index in [1.807, 2.05) is 24.6 Å². The molecule has 0 spiro atoms. The largest absolute Gasteiger partial charge is 0.367 e. The maximum absolute atomic E-state index is 2.99. The average molecular weight is 223 g/mol. The molecule has 1 heterocycles. The van der Waals surface area contributed by atoms with E-state index in [9.17, 15) is 0 Å². The summed E-state index contributed by atoms with van der Waals surface area (Å²) in [5.74, 6) is 0. The normalized spacial score (nSPS) is 15.2. The molecule has 0 fully saturated rings. The van der Waals surface area contributed by atoms with Crippen molar-refractivity contribution < 1.29 is 0 Å². The van der Waals surface area contributed by atoms with E-state index in [0.717, 1.165) is 6.42 Å². The minimum atomic E-state index is 1.12. The van der Waals surface area contributed by atoms with Crippen LogP contribution in [0.15, 0.2) is 66.5 Å². The zero-order chi connectivity index (χ0) is 11.9. The van der Waals surface area contributed by atoms with Gasteiger partial charge < -0.3 is 5.32 Å². The van der Waals surface area contributed by atoms with Gasteiger partial charge in [0.2, 0.25) is 0 Å². The highest BCUT2D eigenvalue weighted by Gasteiger charge is 2.00. The van der Waals surface area contributed by atoms with Crippen molar-refractivity contribution >= 4 is 6.08 Å². The van der Waals surface area contributed by atoms with Crippen molar-refractivity contribution in [3.05, 3.63) is 77.7 Å². The monoisotopic (exact) mass is 223 g/mol. The average Bonchev–Trinajstić information content (AvgIpc) is 2.71. The summed E-state index contributed by atoms with van der Waals surface area (Å²) in [6.45, 7) is 2.05. The maximum Gasteiger partial charge on any atom is 0.00339 e. The van der Waals surface area contributed by atoms with Crippen molar-refractivity contribution in [3.63, 3.8) is 0 Å². The molecule has 0 saturated heterocycles. The zero-order valence-corrected chi connectivity index (χ0v) is 10.1. The third kappa shape index (κ3) is 3.49. The molecule has 0 amide bonds. The topological polar surface area (TPSA) is 12.0 Å². The molecule has 2 aliphatic rings. The first-order chi connectivity index (χ1) is 8.36. The molecule has 3 rings (SSSR count). The molecule has 1 aromatic rings. The van der Waals surface area contributed by atoms with Crippen LogP contribution in [0.2, 0.25) is 0 Å². The van der Waals surface area contributed by atoms with Gasteiger partial charge in [0.1, 0.15) is 0 Å². The van der Waals surface area contributed by atoms with E-state index >= 15 is 0 Å². The molecule has 1 aliphatic heterocycles. The molecule has 0 atom stereocenters. The molecule has 0 saturated carbocycles. The molecule has 1 aromatic carbocycles. The molecule has 0 unspecified atom stereocenters. The Kier molecular flexibility index (Phi) is 3.98. The molecule has 17 heavy (non-hydrogen) atoms. The van der Waals surface area contributed by atoms with Crippen molar-refractivity contribution in [1.29, 1.82) is 0 Å². The van der Waals surface area contributed by atoms with Gasteiger partial charge in [-0.15, -0.1) is 0 Å². The van der Waals surface area contributed by atoms with Crippen LogP contribution in [0.25, 0.3) is 6.08 Å². The Morgan fingerprint density at radius 3 is 2.82 bits per heavy atom. The van der Waals surface area contributed by atoms with Crippen LogP contribution in [-0.4, -0.2) is 0 Å². The molecule has 0 radical (unpaired) electrons. The fourth-order valence-corrected chi connectivity index (χ4v) is 1.74. The summed E-state index contributed by atoms with van der Waals surface area (Å²) in [6, 6.07) is 8.49. The Hall–Kier alpha value is -2.02. The molecule has 86 valence electrons. The van der Waals surface area contributed by atoms with Gasteiger partial charge in [0.15, 0.2) is 0 Å². The lowest BCUT2D eigenvalue weighted by Crippen LogP contribution is -1.90. The Labute approximate surface area is 103 Å². The quantitative estimate of drug-likeness (QED) is 0.705. The maximum atomic E-state index is 2.99. The smallest absolute Gasteiger partial charge is 0.00339 e. The molecule has 0 bridgehead atoms. The van der Waals surface area contributed by atoms with Crippen molar-refractivity contribution in [1.82, 2.24) is 5.32 Å². The Bertz CT molecular complexity index is 487. The highest BCUT2D eigenvalue weighted by atomic mass is 14.8. The van der Waals surface area contributed by atoms with Crippen molar-refractivity contribution in [3.8, 4) is 0 Å². The lowest BCUT2D eigenvalue weighted by Gasteiger charge is -1.93. The van der Waals surface area contributed by atoms with E-state index in [1.165, 1.54) is 16.7 Å². The van der Waals surface area contributed by atoms with Gasteiger partial charge in [-0.1, -0.05) is 48.6 Å². The third-order valence-corrected chi connectivity index (χ3v) is 2.66. The molecule has 1 N–H and O–H groups in total. The minimum absolute atomic E-state index is 1.12. The van der Waals surface area contributed by atoms with Crippen molar-refractivity contribution in [2.24, 2.45) is 0 Å². The van der Waals surface area contributed by atoms with Crippen LogP contribution in [0.4, 0.5) is 0 Å². The fourth-order valence-electron chi connectivity index (χ4n) is 1.74. The van der Waals surface area contributed by atoms with E-state index in [2.05, 4.69) is 54.7 Å². The molecule has 0 aromatic heterocycles. The summed E-state index contributed by atoms with van der Waals surface area (Å²) < 4.78 is 0. The number of hydrogen-bond donors (Lipinski definition) is 1. The van der Waals surface area contributed by atoms with Crippen LogP contribution in [-0.2, 0) is 6.42 Å². The molecule has 1 nitrogen and oxygen atoms in total. The van der Waals surface area contributed by atoms with Gasteiger partial charge in [0, 0.05) is 12.4 Å². The summed E-state index contributed by atoms with van der Waals surface area (Å²) in [7, 11) is 0. The predicted octanol–water partition coefficient (Wildman–Crippen LogP) is 3.82. The van der Waals surface area contributed by atoms with E-state index in [4.69, 9.17) is 0 Å². The second kappa shape index (κ2) is 5.90. The van der Waals surface area contributed by atoms with Crippen molar-refractivity contribution in [2.45, 2.75) is 13.3 Å². The lowest BCUT2D eigenvalue weighted by molar-refractivity contribution is 1.18. The minimum Gasteiger partial charge on any atom is -0.367 e. The van der Waals surface area contributed by atoms with Gasteiger partial charge in [-0.25, -0.2) is 0 Å². The SMILES string of the molecule is C1=Cc2ccccc2C1.CC1=CNC=CC=C1. The highest BCUT2D eigenvalue weighted by Crippen LogP contribution is 2.17. The number of nitrogens with one attached hydrogen (secondary N) is 1. The predicted molar refractivity (Wildman–Crippen MR) is 74.4 cm³/mol. The standard InChI is InChI=1S/C9H8.C7H9N/c1-2-5-9-7-3-6-8(9)4-1;1-7-4-2-3-5-8-6-7/h1-6H,7H2;2-6,8H,1H3.